The Morgan fingerprint density at radius 3 is 2.83 bits per heavy atom. The molecule has 1 fully saturated rings. The van der Waals surface area contributed by atoms with E-state index >= 15 is 0 Å². The van der Waals surface area contributed by atoms with Gasteiger partial charge in [-0.2, -0.15) is 0 Å². The van der Waals surface area contributed by atoms with Gasteiger partial charge in [0.05, 0.1) is 10.4 Å². The van der Waals surface area contributed by atoms with Crippen molar-refractivity contribution in [1.29, 1.82) is 0 Å². The number of unbranched alkanes of at least 4 members (excludes halogenated alkanes) is 1. The number of rotatable bonds is 7. The molecule has 0 aromatic carbocycles. The van der Waals surface area contributed by atoms with Crippen LogP contribution in [0.5, 0.6) is 0 Å². The monoisotopic (exact) mass is 284 g/mol. The van der Waals surface area contributed by atoms with E-state index < -0.39 is 0 Å². The van der Waals surface area contributed by atoms with Crippen LogP contribution in [-0.4, -0.2) is 24.6 Å². The Balaban J connectivity index is 1.81. The van der Waals surface area contributed by atoms with Gasteiger partial charge in [-0.3, -0.25) is 0 Å². The number of hydrogen-bond acceptors (Lipinski definition) is 3. The molecule has 0 bridgehead atoms. The highest BCUT2D eigenvalue weighted by Gasteiger charge is 2.37. The molecule has 1 aromatic rings. The highest BCUT2D eigenvalue weighted by Crippen LogP contribution is 2.53. The van der Waals surface area contributed by atoms with E-state index in [2.05, 4.69) is 53.1 Å². The van der Waals surface area contributed by atoms with E-state index in [4.69, 9.17) is 0 Å². The molecular weight excluding hydrogens is 260 g/mol. The Morgan fingerprint density at radius 1 is 1.39 bits per heavy atom. The van der Waals surface area contributed by atoms with E-state index in [9.17, 15) is 0 Å². The smallest absolute Gasteiger partial charge is 0.0945 e. The fourth-order valence-electron chi connectivity index (χ4n) is 2.49. The highest BCUT2D eigenvalue weighted by molar-refractivity contribution is 8.21. The lowest BCUT2D eigenvalue weighted by Gasteiger charge is -2.27. The molecular formula is C14H24N2S2. The molecule has 2 rings (SSSR count). The lowest BCUT2D eigenvalue weighted by molar-refractivity contribution is 0.547. The number of nitrogens with zero attached hydrogens (tertiary/aromatic N) is 2. The second-order valence-corrected chi connectivity index (χ2v) is 8.64. The first-order valence-corrected chi connectivity index (χ1v) is 8.88. The molecule has 0 aliphatic carbocycles. The van der Waals surface area contributed by atoms with E-state index in [-0.39, 0.29) is 0 Å². The second-order valence-electron chi connectivity index (χ2n) is 5.16. The summed E-state index contributed by atoms with van der Waals surface area (Å²) in [6.07, 6.45) is 12.5. The van der Waals surface area contributed by atoms with Crippen molar-refractivity contribution in [3.05, 3.63) is 18.7 Å². The van der Waals surface area contributed by atoms with Gasteiger partial charge in [0.1, 0.15) is 0 Å². The van der Waals surface area contributed by atoms with Gasteiger partial charge in [-0.25, -0.2) is 4.98 Å². The van der Waals surface area contributed by atoms with Crippen LogP contribution in [0.4, 0.5) is 0 Å². The van der Waals surface area contributed by atoms with Crippen LogP contribution in [0.3, 0.4) is 0 Å². The summed E-state index contributed by atoms with van der Waals surface area (Å²) in [6.45, 7) is 5.79. The van der Waals surface area contributed by atoms with Crippen LogP contribution in [-0.2, 0) is 6.54 Å². The summed E-state index contributed by atoms with van der Waals surface area (Å²) in [5.74, 6) is 1.33. The molecule has 0 amide bonds. The van der Waals surface area contributed by atoms with E-state index in [0.29, 0.717) is 4.08 Å². The molecule has 0 spiro atoms. The molecule has 1 saturated heterocycles. The number of imidazole rings is 1. The first-order chi connectivity index (χ1) is 8.74. The minimum atomic E-state index is 0.510. The summed E-state index contributed by atoms with van der Waals surface area (Å²) in [6, 6.07) is 0. The zero-order valence-electron chi connectivity index (χ0n) is 11.5. The van der Waals surface area contributed by atoms with Crippen LogP contribution in [0.25, 0.3) is 0 Å². The standard InChI is InChI=1S/C14H24N2S2/c1-3-4-6-14(17-11-13(2)18-14)7-5-9-16-10-8-15-12-16/h8,10,12-13H,3-7,9,11H2,1-2H3. The summed E-state index contributed by atoms with van der Waals surface area (Å²) in [7, 11) is 0. The maximum atomic E-state index is 4.10. The largest absolute Gasteiger partial charge is 0.337 e. The topological polar surface area (TPSA) is 17.8 Å². The van der Waals surface area contributed by atoms with Crippen molar-refractivity contribution in [1.82, 2.24) is 9.55 Å². The van der Waals surface area contributed by atoms with Gasteiger partial charge in [0.25, 0.3) is 0 Å². The van der Waals surface area contributed by atoms with Crippen LogP contribution in [0.15, 0.2) is 18.7 Å². The molecule has 0 saturated carbocycles. The van der Waals surface area contributed by atoms with Gasteiger partial charge in [-0.05, 0) is 19.3 Å². The predicted molar refractivity (Wildman–Crippen MR) is 83.2 cm³/mol. The number of hydrogen-bond donors (Lipinski definition) is 0. The van der Waals surface area contributed by atoms with Crippen LogP contribution >= 0.6 is 23.5 Å². The lowest BCUT2D eigenvalue weighted by Crippen LogP contribution is -2.18. The molecule has 1 aliphatic heterocycles. The molecule has 1 aromatic heterocycles. The van der Waals surface area contributed by atoms with Gasteiger partial charge in [0.15, 0.2) is 0 Å². The third-order valence-electron chi connectivity index (χ3n) is 3.44. The Kier molecular flexibility index (Phi) is 5.49. The first kappa shape index (κ1) is 14.3. The Labute approximate surface area is 119 Å². The molecule has 0 radical (unpaired) electrons. The van der Waals surface area contributed by atoms with E-state index in [1.807, 2.05) is 12.5 Å². The molecule has 4 heteroatoms. The number of aromatic nitrogens is 2. The molecule has 18 heavy (non-hydrogen) atoms. The zero-order valence-corrected chi connectivity index (χ0v) is 13.1. The van der Waals surface area contributed by atoms with Crippen LogP contribution in [0.2, 0.25) is 0 Å². The summed E-state index contributed by atoms with van der Waals surface area (Å²) in [5.41, 5.74) is 0. The van der Waals surface area contributed by atoms with Crippen LogP contribution < -0.4 is 0 Å². The van der Waals surface area contributed by atoms with E-state index in [0.717, 1.165) is 11.8 Å². The van der Waals surface area contributed by atoms with Crippen molar-refractivity contribution in [3.63, 3.8) is 0 Å². The number of thioether (sulfide) groups is 2. The van der Waals surface area contributed by atoms with Crippen molar-refractivity contribution in [2.45, 2.75) is 61.8 Å². The van der Waals surface area contributed by atoms with Gasteiger partial charge in [0.2, 0.25) is 0 Å². The maximum absolute atomic E-state index is 4.10. The van der Waals surface area contributed by atoms with Gasteiger partial charge in [0, 0.05) is 29.9 Å². The average Bonchev–Trinajstić information content (AvgIpc) is 2.98. The molecule has 2 nitrogen and oxygen atoms in total. The third kappa shape index (κ3) is 3.95. The minimum Gasteiger partial charge on any atom is -0.337 e. The van der Waals surface area contributed by atoms with Gasteiger partial charge in [-0.15, -0.1) is 23.5 Å². The Morgan fingerprint density at radius 2 is 2.22 bits per heavy atom. The summed E-state index contributed by atoms with van der Waals surface area (Å²) >= 11 is 4.44. The quantitative estimate of drug-likeness (QED) is 0.738. The fraction of sp³-hybridized carbons (Fsp3) is 0.786. The summed E-state index contributed by atoms with van der Waals surface area (Å²) < 4.78 is 2.71. The third-order valence-corrected chi connectivity index (χ3v) is 7.30. The molecule has 1 aliphatic rings. The van der Waals surface area contributed by atoms with Crippen LogP contribution in [0.1, 0.15) is 46.0 Å². The predicted octanol–water partition coefficient (Wildman–Crippen LogP) is 4.42. The van der Waals surface area contributed by atoms with E-state index in [1.165, 1.54) is 37.9 Å². The molecule has 2 heterocycles. The summed E-state index contributed by atoms with van der Waals surface area (Å²) in [4.78, 5) is 4.10. The normalized spacial score (nSPS) is 27.8. The highest BCUT2D eigenvalue weighted by atomic mass is 32.2. The Hall–Kier alpha value is -0.0900. The first-order valence-electron chi connectivity index (χ1n) is 7.01. The van der Waals surface area contributed by atoms with Crippen LogP contribution in [0, 0.1) is 0 Å². The molecule has 0 N–H and O–H groups in total. The second kappa shape index (κ2) is 6.90. The van der Waals surface area contributed by atoms with Crippen molar-refractivity contribution in [2.75, 3.05) is 5.75 Å². The molecule has 2 atom stereocenters. The van der Waals surface area contributed by atoms with Crippen molar-refractivity contribution in [3.8, 4) is 0 Å². The zero-order chi connectivity index (χ0) is 12.8. The SMILES string of the molecule is CCCCC1(CCCn2ccnc2)SCC(C)S1. The Bertz CT molecular complexity index is 340. The average molecular weight is 284 g/mol. The fourth-order valence-corrected chi connectivity index (χ4v) is 6.31. The molecule has 2 unspecified atom stereocenters. The van der Waals surface area contributed by atoms with Gasteiger partial charge in [-0.1, -0.05) is 26.7 Å². The maximum Gasteiger partial charge on any atom is 0.0945 e. The van der Waals surface area contributed by atoms with Gasteiger partial charge < -0.3 is 4.57 Å². The molecule has 102 valence electrons. The van der Waals surface area contributed by atoms with Gasteiger partial charge >= 0.3 is 0 Å². The van der Waals surface area contributed by atoms with Crippen molar-refractivity contribution in [2.24, 2.45) is 0 Å². The summed E-state index contributed by atoms with van der Waals surface area (Å²) in [5, 5.41) is 0.833. The van der Waals surface area contributed by atoms with Crippen molar-refractivity contribution >= 4 is 23.5 Å². The number of aryl methyl sites for hydroxylation is 1. The lowest BCUT2D eigenvalue weighted by atomic mass is 10.1. The van der Waals surface area contributed by atoms with E-state index in [1.54, 1.807) is 0 Å². The minimum absolute atomic E-state index is 0.510. The van der Waals surface area contributed by atoms with Crippen molar-refractivity contribution < 1.29 is 0 Å².